The van der Waals surface area contributed by atoms with Crippen molar-refractivity contribution < 1.29 is 14.3 Å². The van der Waals surface area contributed by atoms with Crippen LogP contribution in [0.2, 0.25) is 0 Å². The first-order chi connectivity index (χ1) is 10.2. The van der Waals surface area contributed by atoms with Crippen LogP contribution in [-0.2, 0) is 9.53 Å². The zero-order chi connectivity index (χ0) is 15.2. The van der Waals surface area contributed by atoms with Gasteiger partial charge in [0.25, 0.3) is 0 Å². The van der Waals surface area contributed by atoms with E-state index in [2.05, 4.69) is 5.32 Å². The van der Waals surface area contributed by atoms with E-state index in [4.69, 9.17) is 4.74 Å². The Kier molecular flexibility index (Phi) is 5.85. The first-order valence-corrected chi connectivity index (χ1v) is 7.97. The van der Waals surface area contributed by atoms with Gasteiger partial charge in [0.05, 0.1) is 0 Å². The molecule has 2 saturated heterocycles. The highest BCUT2D eigenvalue weighted by Gasteiger charge is 2.34. The maximum absolute atomic E-state index is 12.0. The second-order valence-corrected chi connectivity index (χ2v) is 5.91. The summed E-state index contributed by atoms with van der Waals surface area (Å²) in [6.07, 6.45) is 3.18. The van der Waals surface area contributed by atoms with Gasteiger partial charge in [0, 0.05) is 39.8 Å². The van der Waals surface area contributed by atoms with Gasteiger partial charge in [-0.3, -0.25) is 4.79 Å². The van der Waals surface area contributed by atoms with Crippen LogP contribution in [-0.4, -0.2) is 68.2 Å². The zero-order valence-electron chi connectivity index (χ0n) is 13.1. The number of hydrogen-bond acceptors (Lipinski definition) is 3. The molecule has 1 unspecified atom stereocenters. The predicted molar refractivity (Wildman–Crippen MR) is 79.9 cm³/mol. The third kappa shape index (κ3) is 4.09. The van der Waals surface area contributed by atoms with Crippen molar-refractivity contribution in [3.8, 4) is 0 Å². The maximum atomic E-state index is 12.0. The summed E-state index contributed by atoms with van der Waals surface area (Å²) in [4.78, 5) is 27.4. The highest BCUT2D eigenvalue weighted by atomic mass is 16.5. The van der Waals surface area contributed by atoms with E-state index in [1.807, 2.05) is 16.7 Å². The minimum atomic E-state index is 0.0217. The molecular weight excluding hydrogens is 270 g/mol. The summed E-state index contributed by atoms with van der Waals surface area (Å²) >= 11 is 0. The fraction of sp³-hybridized carbons (Fsp3) is 0.867. The van der Waals surface area contributed by atoms with E-state index in [0.29, 0.717) is 18.4 Å². The molecule has 1 N–H and O–H groups in total. The highest BCUT2D eigenvalue weighted by Crippen LogP contribution is 2.31. The third-order valence-corrected chi connectivity index (χ3v) is 4.71. The minimum absolute atomic E-state index is 0.0217. The lowest BCUT2D eigenvalue weighted by Gasteiger charge is -2.34. The summed E-state index contributed by atoms with van der Waals surface area (Å²) in [6.45, 7) is 6.06. The molecule has 0 aromatic carbocycles. The second kappa shape index (κ2) is 7.64. The molecule has 0 aromatic rings. The van der Waals surface area contributed by atoms with Crippen molar-refractivity contribution in [3.05, 3.63) is 0 Å². The number of rotatable bonds is 4. The van der Waals surface area contributed by atoms with Gasteiger partial charge in [0.2, 0.25) is 5.91 Å². The van der Waals surface area contributed by atoms with Crippen molar-refractivity contribution in [2.45, 2.75) is 26.2 Å². The number of nitrogens with zero attached hydrogens (tertiary/aromatic N) is 2. The van der Waals surface area contributed by atoms with Gasteiger partial charge in [-0.05, 0) is 38.0 Å². The van der Waals surface area contributed by atoms with E-state index >= 15 is 0 Å². The third-order valence-electron chi connectivity index (χ3n) is 4.71. The van der Waals surface area contributed by atoms with Crippen LogP contribution in [0.15, 0.2) is 0 Å². The van der Waals surface area contributed by atoms with E-state index in [-0.39, 0.29) is 18.5 Å². The molecule has 6 nitrogen and oxygen atoms in total. The Hall–Kier alpha value is -1.30. The Labute approximate surface area is 126 Å². The SMILES string of the molecule is CCOCC(=O)N1CCC(C2CCN(C(=O)NC)CC2)C1. The Morgan fingerprint density at radius 1 is 1.10 bits per heavy atom. The maximum Gasteiger partial charge on any atom is 0.317 e. The lowest BCUT2D eigenvalue weighted by molar-refractivity contribution is -0.135. The largest absolute Gasteiger partial charge is 0.372 e. The smallest absolute Gasteiger partial charge is 0.317 e. The number of carbonyl (C=O) groups is 2. The summed E-state index contributed by atoms with van der Waals surface area (Å²) < 4.78 is 5.20. The molecule has 2 fully saturated rings. The van der Waals surface area contributed by atoms with Gasteiger partial charge in [-0.25, -0.2) is 4.79 Å². The van der Waals surface area contributed by atoms with Crippen LogP contribution in [0.4, 0.5) is 4.79 Å². The molecule has 6 heteroatoms. The lowest BCUT2D eigenvalue weighted by Crippen LogP contribution is -2.44. The number of ether oxygens (including phenoxy) is 1. The van der Waals surface area contributed by atoms with E-state index in [1.165, 1.54) is 0 Å². The monoisotopic (exact) mass is 297 g/mol. The standard InChI is InChI=1S/C15H27N3O3/c1-3-21-11-14(19)18-9-6-13(10-18)12-4-7-17(8-5-12)15(20)16-2/h12-13H,3-11H2,1-2H3,(H,16,20). The molecule has 2 aliphatic heterocycles. The molecular formula is C15H27N3O3. The van der Waals surface area contributed by atoms with Crippen molar-refractivity contribution in [1.29, 1.82) is 0 Å². The minimum Gasteiger partial charge on any atom is -0.372 e. The first-order valence-electron chi connectivity index (χ1n) is 7.97. The summed E-state index contributed by atoms with van der Waals surface area (Å²) in [5, 5.41) is 2.68. The van der Waals surface area contributed by atoms with E-state index < -0.39 is 0 Å². The number of nitrogens with one attached hydrogen (secondary N) is 1. The number of amides is 3. The number of hydrogen-bond donors (Lipinski definition) is 1. The van der Waals surface area contributed by atoms with Gasteiger partial charge in [0.1, 0.15) is 6.61 Å². The van der Waals surface area contributed by atoms with Gasteiger partial charge in [-0.15, -0.1) is 0 Å². The van der Waals surface area contributed by atoms with Crippen LogP contribution in [0.3, 0.4) is 0 Å². The molecule has 3 amide bonds. The van der Waals surface area contributed by atoms with Crippen LogP contribution in [0, 0.1) is 11.8 Å². The normalized spacial score (nSPS) is 23.4. The van der Waals surface area contributed by atoms with E-state index in [9.17, 15) is 9.59 Å². The van der Waals surface area contributed by atoms with Crippen LogP contribution in [0.5, 0.6) is 0 Å². The fourth-order valence-corrected chi connectivity index (χ4v) is 3.41. The molecule has 2 rings (SSSR count). The Morgan fingerprint density at radius 2 is 1.71 bits per heavy atom. The first kappa shape index (κ1) is 16.1. The molecule has 0 aliphatic carbocycles. The van der Waals surface area contributed by atoms with Crippen molar-refractivity contribution in [1.82, 2.24) is 15.1 Å². The molecule has 2 aliphatic rings. The van der Waals surface area contributed by atoms with Crippen molar-refractivity contribution in [2.75, 3.05) is 46.4 Å². The summed E-state index contributed by atoms with van der Waals surface area (Å²) in [6, 6.07) is 0.0217. The molecule has 0 saturated carbocycles. The number of likely N-dealkylation sites (tertiary alicyclic amines) is 2. The van der Waals surface area contributed by atoms with Gasteiger partial charge >= 0.3 is 6.03 Å². The van der Waals surface area contributed by atoms with Gasteiger partial charge in [-0.2, -0.15) is 0 Å². The summed E-state index contributed by atoms with van der Waals surface area (Å²) in [5.41, 5.74) is 0. The molecule has 120 valence electrons. The van der Waals surface area contributed by atoms with Gasteiger partial charge in [0.15, 0.2) is 0 Å². The van der Waals surface area contributed by atoms with Crippen molar-refractivity contribution in [2.24, 2.45) is 11.8 Å². The summed E-state index contributed by atoms with van der Waals surface area (Å²) in [7, 11) is 1.67. The molecule has 0 bridgehead atoms. The number of urea groups is 1. The van der Waals surface area contributed by atoms with Crippen LogP contribution >= 0.6 is 0 Å². The molecule has 21 heavy (non-hydrogen) atoms. The van der Waals surface area contributed by atoms with Gasteiger partial charge < -0.3 is 19.9 Å². The highest BCUT2D eigenvalue weighted by molar-refractivity contribution is 5.77. The Balaban J connectivity index is 1.75. The van der Waals surface area contributed by atoms with Crippen molar-refractivity contribution >= 4 is 11.9 Å². The van der Waals surface area contributed by atoms with Crippen LogP contribution in [0.25, 0.3) is 0 Å². The molecule has 0 spiro atoms. The number of piperidine rings is 1. The predicted octanol–water partition coefficient (Wildman–Crippen LogP) is 0.923. The average Bonchev–Trinajstić information content (AvgIpc) is 3.02. The number of carbonyl (C=O) groups excluding carboxylic acids is 2. The molecule has 2 heterocycles. The average molecular weight is 297 g/mol. The second-order valence-electron chi connectivity index (χ2n) is 5.91. The van der Waals surface area contributed by atoms with Crippen LogP contribution < -0.4 is 5.32 Å². The quantitative estimate of drug-likeness (QED) is 0.839. The Morgan fingerprint density at radius 3 is 2.33 bits per heavy atom. The topological polar surface area (TPSA) is 61.9 Å². The fourth-order valence-electron chi connectivity index (χ4n) is 3.41. The zero-order valence-corrected chi connectivity index (χ0v) is 13.1. The lowest BCUT2D eigenvalue weighted by atomic mass is 9.84. The molecule has 0 aromatic heterocycles. The van der Waals surface area contributed by atoms with Gasteiger partial charge in [-0.1, -0.05) is 0 Å². The summed E-state index contributed by atoms with van der Waals surface area (Å²) in [5.74, 6) is 1.33. The van der Waals surface area contributed by atoms with Crippen molar-refractivity contribution in [3.63, 3.8) is 0 Å². The molecule has 1 atom stereocenters. The Bertz CT molecular complexity index is 367. The van der Waals surface area contributed by atoms with E-state index in [1.54, 1.807) is 7.05 Å². The molecule has 0 radical (unpaired) electrons. The van der Waals surface area contributed by atoms with Crippen LogP contribution in [0.1, 0.15) is 26.2 Å². The van der Waals surface area contributed by atoms with E-state index in [0.717, 1.165) is 45.4 Å².